The highest BCUT2D eigenvalue weighted by molar-refractivity contribution is 7.21. The quantitative estimate of drug-likeness (QED) is 0.256. The number of nitrogens with zero attached hydrogens (tertiary/aromatic N) is 3. The molecule has 2 fully saturated rings. The summed E-state index contributed by atoms with van der Waals surface area (Å²) in [5, 5.41) is 12.9. The van der Waals surface area contributed by atoms with Crippen LogP contribution < -0.4 is 16.0 Å². The summed E-state index contributed by atoms with van der Waals surface area (Å²) in [5.41, 5.74) is 1.81. The number of nitrogens with one attached hydrogen (secondary N) is 3. The van der Waals surface area contributed by atoms with E-state index >= 15 is 0 Å². The lowest BCUT2D eigenvalue weighted by Crippen LogP contribution is -2.47. The van der Waals surface area contributed by atoms with E-state index < -0.39 is 11.5 Å². The average Bonchev–Trinajstić information content (AvgIpc) is 3.64. The van der Waals surface area contributed by atoms with Gasteiger partial charge in [0, 0.05) is 24.3 Å². The smallest absolute Gasteiger partial charge is 0.225 e. The first kappa shape index (κ1) is 26.1. The molecule has 3 aromatic heterocycles. The number of rotatable bonds is 8. The van der Waals surface area contributed by atoms with Gasteiger partial charge in [0.2, 0.25) is 11.9 Å². The van der Waals surface area contributed by atoms with Gasteiger partial charge in [-0.3, -0.25) is 4.79 Å². The van der Waals surface area contributed by atoms with Crippen molar-refractivity contribution in [2.75, 3.05) is 17.2 Å². The maximum Gasteiger partial charge on any atom is 0.225 e. The summed E-state index contributed by atoms with van der Waals surface area (Å²) in [6, 6.07) is 12.2. The van der Waals surface area contributed by atoms with E-state index in [0.29, 0.717) is 31.3 Å². The summed E-state index contributed by atoms with van der Waals surface area (Å²) in [6.45, 7) is 8.55. The Balaban J connectivity index is 1.40. The summed E-state index contributed by atoms with van der Waals surface area (Å²) >= 11 is 3.31. The first-order valence-corrected chi connectivity index (χ1v) is 14.8. The molecule has 1 saturated carbocycles. The third-order valence-corrected chi connectivity index (χ3v) is 9.08. The first-order valence-electron chi connectivity index (χ1n) is 13.1. The molecule has 1 amide bonds. The molecule has 2 aliphatic rings. The molecule has 3 atom stereocenters. The van der Waals surface area contributed by atoms with Crippen LogP contribution in [0.5, 0.6) is 0 Å². The fraction of sp³-hybridized carbons (Fsp3) is 0.429. The van der Waals surface area contributed by atoms with Gasteiger partial charge in [-0.1, -0.05) is 18.2 Å². The van der Waals surface area contributed by atoms with Crippen LogP contribution in [0.2, 0.25) is 0 Å². The van der Waals surface area contributed by atoms with Crippen LogP contribution in [0.4, 0.5) is 11.8 Å². The lowest BCUT2D eigenvalue weighted by Gasteiger charge is -2.31. The number of thiazole rings is 1. The Labute approximate surface area is 235 Å². The van der Waals surface area contributed by atoms with Crippen LogP contribution in [0.1, 0.15) is 44.2 Å². The molecule has 0 spiro atoms. The molecule has 4 heterocycles. The van der Waals surface area contributed by atoms with Crippen molar-refractivity contribution in [2.45, 2.75) is 64.7 Å². The lowest BCUT2D eigenvalue weighted by molar-refractivity contribution is -0.166. The van der Waals surface area contributed by atoms with Gasteiger partial charge in [-0.2, -0.15) is 4.98 Å². The summed E-state index contributed by atoms with van der Waals surface area (Å²) in [6.07, 6.45) is 1.30. The second-order valence-corrected chi connectivity index (χ2v) is 12.6. The Kier molecular flexibility index (Phi) is 6.78. The zero-order valence-electron chi connectivity index (χ0n) is 22.4. The normalized spacial score (nSPS) is 23.6. The van der Waals surface area contributed by atoms with E-state index in [1.807, 2.05) is 45.0 Å². The van der Waals surface area contributed by atoms with Gasteiger partial charge in [-0.25, -0.2) is 9.97 Å². The predicted molar refractivity (Wildman–Crippen MR) is 155 cm³/mol. The fourth-order valence-corrected chi connectivity index (χ4v) is 7.25. The molecule has 11 heteroatoms. The molecule has 39 heavy (non-hydrogen) atoms. The molecular weight excluding hydrogens is 532 g/mol. The Morgan fingerprint density at radius 3 is 2.77 bits per heavy atom. The molecule has 204 valence electrons. The number of amides is 1. The molecule has 1 aliphatic heterocycles. The second kappa shape index (κ2) is 10.1. The highest BCUT2D eigenvalue weighted by Gasteiger charge is 2.60. The maximum absolute atomic E-state index is 11.7. The van der Waals surface area contributed by atoms with E-state index in [2.05, 4.69) is 33.5 Å². The van der Waals surface area contributed by atoms with Gasteiger partial charge in [0.1, 0.15) is 16.9 Å². The van der Waals surface area contributed by atoms with Crippen molar-refractivity contribution in [3.8, 4) is 10.6 Å². The minimum absolute atomic E-state index is 0.0513. The molecule has 1 aromatic carbocycles. The molecule has 9 nitrogen and oxygen atoms in total. The largest absolute Gasteiger partial charge is 0.356 e. The zero-order valence-corrected chi connectivity index (χ0v) is 24.0. The predicted octanol–water partition coefficient (Wildman–Crippen LogP) is 5.54. The Hall–Kier alpha value is -3.12. The van der Waals surface area contributed by atoms with E-state index in [9.17, 15) is 4.79 Å². The van der Waals surface area contributed by atoms with Crippen LogP contribution in [-0.4, -0.2) is 45.0 Å². The second-order valence-electron chi connectivity index (χ2n) is 10.6. The third-order valence-electron chi connectivity index (χ3n) is 7.15. The SMILES string of the molecule is CC(=O)NC[C@H]1CC[C@]2(Nc3nc(NCc4cccs4)nc(C)c3-c3nc4ccccc4s3)OC(C)(C)O[C@H]12. The maximum atomic E-state index is 11.7. The highest BCUT2D eigenvalue weighted by atomic mass is 32.1. The van der Waals surface area contributed by atoms with E-state index in [1.165, 1.54) is 11.8 Å². The number of aryl methyl sites for hydroxylation is 1. The summed E-state index contributed by atoms with van der Waals surface area (Å²) in [4.78, 5) is 27.6. The van der Waals surface area contributed by atoms with Crippen LogP contribution in [0.3, 0.4) is 0 Å². The van der Waals surface area contributed by atoms with Gasteiger partial charge in [0.15, 0.2) is 11.5 Å². The van der Waals surface area contributed by atoms with Crippen molar-refractivity contribution >= 4 is 50.6 Å². The van der Waals surface area contributed by atoms with Crippen LogP contribution in [0.15, 0.2) is 41.8 Å². The Morgan fingerprint density at radius 2 is 2.00 bits per heavy atom. The van der Waals surface area contributed by atoms with Crippen LogP contribution in [0, 0.1) is 12.8 Å². The van der Waals surface area contributed by atoms with E-state index in [-0.39, 0.29) is 17.9 Å². The minimum Gasteiger partial charge on any atom is -0.356 e. The Bertz CT molecular complexity index is 1470. The van der Waals surface area contributed by atoms with Gasteiger partial charge < -0.3 is 25.4 Å². The minimum atomic E-state index is -0.802. The standard InChI is InChI=1S/C28H32N6O3S2/c1-16-22(25-32-20-9-5-6-10-21(20)39-25)24(33-26(31-16)30-15-19-8-7-13-38-19)34-28-12-11-18(14-29-17(2)35)23(28)36-27(3,4)37-28/h5-10,13,18,23H,11-12,14-15H2,1-4H3,(H,29,35)(H2,30,31,33,34)/t18-,23-,28+/m1/s1. The molecular formula is C28H32N6O3S2. The van der Waals surface area contributed by atoms with Crippen molar-refractivity contribution in [3.63, 3.8) is 0 Å². The van der Waals surface area contributed by atoms with Crippen molar-refractivity contribution in [1.82, 2.24) is 20.3 Å². The molecule has 0 unspecified atom stereocenters. The van der Waals surface area contributed by atoms with Gasteiger partial charge in [-0.15, -0.1) is 22.7 Å². The third kappa shape index (κ3) is 5.23. The van der Waals surface area contributed by atoms with Gasteiger partial charge >= 0.3 is 0 Å². The zero-order chi connectivity index (χ0) is 27.2. The Morgan fingerprint density at radius 1 is 1.15 bits per heavy atom. The number of carbonyl (C=O) groups is 1. The van der Waals surface area contributed by atoms with Crippen LogP contribution in [-0.2, 0) is 20.8 Å². The topological polar surface area (TPSA) is 110 Å². The van der Waals surface area contributed by atoms with Crippen molar-refractivity contribution in [1.29, 1.82) is 0 Å². The van der Waals surface area contributed by atoms with Crippen LogP contribution in [0.25, 0.3) is 20.8 Å². The molecule has 0 bridgehead atoms. The first-order chi connectivity index (χ1) is 18.7. The monoisotopic (exact) mass is 564 g/mol. The van der Waals surface area contributed by atoms with Crippen molar-refractivity contribution in [3.05, 3.63) is 52.3 Å². The lowest BCUT2D eigenvalue weighted by atomic mass is 10.0. The number of carbonyl (C=O) groups excluding carboxylic acids is 1. The molecule has 6 rings (SSSR count). The molecule has 1 aliphatic carbocycles. The molecule has 0 radical (unpaired) electrons. The number of fused-ring (bicyclic) bond motifs is 2. The fourth-order valence-electron chi connectivity index (χ4n) is 5.54. The van der Waals surface area contributed by atoms with Crippen LogP contribution >= 0.6 is 22.7 Å². The van der Waals surface area contributed by atoms with Gasteiger partial charge in [0.25, 0.3) is 0 Å². The van der Waals surface area contributed by atoms with Crippen molar-refractivity contribution in [2.24, 2.45) is 5.92 Å². The molecule has 3 N–H and O–H groups in total. The highest BCUT2D eigenvalue weighted by Crippen LogP contribution is 2.50. The number of benzene rings is 1. The molecule has 1 saturated heterocycles. The van der Waals surface area contributed by atoms with E-state index in [4.69, 9.17) is 24.4 Å². The number of hydrogen-bond acceptors (Lipinski definition) is 10. The summed E-state index contributed by atoms with van der Waals surface area (Å²) < 4.78 is 14.1. The average molecular weight is 565 g/mol. The summed E-state index contributed by atoms with van der Waals surface area (Å²) in [7, 11) is 0. The van der Waals surface area contributed by atoms with E-state index in [0.717, 1.165) is 32.9 Å². The van der Waals surface area contributed by atoms with E-state index in [1.54, 1.807) is 22.7 Å². The van der Waals surface area contributed by atoms with Crippen molar-refractivity contribution < 1.29 is 14.3 Å². The number of aromatic nitrogens is 3. The molecule has 4 aromatic rings. The van der Waals surface area contributed by atoms with Gasteiger partial charge in [-0.05, 0) is 57.2 Å². The number of para-hydroxylation sites is 1. The number of anilines is 2. The van der Waals surface area contributed by atoms with Gasteiger partial charge in [0.05, 0.1) is 28.0 Å². The summed E-state index contributed by atoms with van der Waals surface area (Å²) in [5.74, 6) is 0.456. The number of thiophene rings is 1. The number of hydrogen-bond donors (Lipinski definition) is 3. The number of ether oxygens (including phenoxy) is 2.